The summed E-state index contributed by atoms with van der Waals surface area (Å²) in [5.41, 5.74) is 3.80. The van der Waals surface area contributed by atoms with Gasteiger partial charge in [0.15, 0.2) is 0 Å². The molecule has 0 amide bonds. The van der Waals surface area contributed by atoms with E-state index in [2.05, 4.69) is 16.4 Å². The molecule has 1 fully saturated rings. The van der Waals surface area contributed by atoms with Crippen LogP contribution >= 0.6 is 12.4 Å². The summed E-state index contributed by atoms with van der Waals surface area (Å²) in [6, 6.07) is 2.18. The molecule has 1 aliphatic carbocycles. The summed E-state index contributed by atoms with van der Waals surface area (Å²) in [5, 5.41) is 3.33. The third-order valence-corrected chi connectivity index (χ3v) is 4.04. The minimum absolute atomic E-state index is 0. The van der Waals surface area contributed by atoms with Gasteiger partial charge in [-0.25, -0.2) is 8.78 Å². The first kappa shape index (κ1) is 13.8. The Morgan fingerprint density at radius 3 is 2.61 bits per heavy atom. The fourth-order valence-corrected chi connectivity index (χ4v) is 2.95. The van der Waals surface area contributed by atoms with Gasteiger partial charge in [-0.3, -0.25) is 0 Å². The minimum atomic E-state index is -2.43. The summed E-state index contributed by atoms with van der Waals surface area (Å²) < 4.78 is 26.2. The fourth-order valence-electron chi connectivity index (χ4n) is 2.95. The molecule has 102 valence electrons. The zero-order chi connectivity index (χ0) is 11.9. The number of hydrogen-bond acceptors (Lipinski definition) is 1. The number of rotatable bonds is 1. The van der Waals surface area contributed by atoms with Gasteiger partial charge in [0, 0.05) is 43.7 Å². The molecule has 18 heavy (non-hydrogen) atoms. The number of aromatic amines is 1. The highest BCUT2D eigenvalue weighted by Crippen LogP contribution is 2.41. The molecule has 0 radical (unpaired) electrons. The van der Waals surface area contributed by atoms with Crippen LogP contribution in [0.1, 0.15) is 48.6 Å². The first-order valence-corrected chi connectivity index (χ1v) is 6.43. The molecule has 0 spiro atoms. The van der Waals surface area contributed by atoms with Gasteiger partial charge in [-0.1, -0.05) is 0 Å². The second-order valence-electron chi connectivity index (χ2n) is 5.29. The quantitative estimate of drug-likeness (QED) is 0.809. The van der Waals surface area contributed by atoms with E-state index < -0.39 is 5.92 Å². The van der Waals surface area contributed by atoms with E-state index in [1.807, 2.05) is 0 Å². The molecule has 1 aliphatic heterocycles. The highest BCUT2D eigenvalue weighted by Gasteiger charge is 2.36. The second kappa shape index (κ2) is 5.17. The highest BCUT2D eigenvalue weighted by atomic mass is 35.5. The van der Waals surface area contributed by atoms with Gasteiger partial charge < -0.3 is 10.3 Å². The molecule has 0 unspecified atom stereocenters. The van der Waals surface area contributed by atoms with E-state index in [1.54, 1.807) is 0 Å². The van der Waals surface area contributed by atoms with Crippen LogP contribution in [0.2, 0.25) is 0 Å². The molecule has 2 N–H and O–H groups in total. The molecule has 0 bridgehead atoms. The largest absolute Gasteiger partial charge is 0.362 e. The van der Waals surface area contributed by atoms with Crippen LogP contribution in [0.3, 0.4) is 0 Å². The van der Waals surface area contributed by atoms with Crippen molar-refractivity contribution in [2.45, 2.75) is 50.5 Å². The molecule has 1 saturated carbocycles. The van der Waals surface area contributed by atoms with E-state index in [9.17, 15) is 8.78 Å². The van der Waals surface area contributed by atoms with Crippen molar-refractivity contribution in [3.8, 4) is 0 Å². The summed E-state index contributed by atoms with van der Waals surface area (Å²) in [7, 11) is 0. The first-order valence-electron chi connectivity index (χ1n) is 6.43. The topological polar surface area (TPSA) is 27.8 Å². The van der Waals surface area contributed by atoms with Crippen molar-refractivity contribution < 1.29 is 8.78 Å². The Labute approximate surface area is 112 Å². The maximum atomic E-state index is 13.1. The smallest absolute Gasteiger partial charge is 0.248 e. The van der Waals surface area contributed by atoms with Gasteiger partial charge in [0.25, 0.3) is 0 Å². The standard InChI is InChI=1S/C13H18F2N2.ClH/c14-13(15)4-1-9(2-5-13)12-7-10-8-16-6-3-11(10)17-12;/h7,9,16-17H,1-6,8H2;1H. The van der Waals surface area contributed by atoms with Crippen LogP contribution in [-0.4, -0.2) is 17.5 Å². The second-order valence-corrected chi connectivity index (χ2v) is 5.29. The molecular formula is C13H19ClF2N2. The third-order valence-electron chi connectivity index (χ3n) is 4.04. The Morgan fingerprint density at radius 2 is 1.94 bits per heavy atom. The molecule has 5 heteroatoms. The van der Waals surface area contributed by atoms with Gasteiger partial charge >= 0.3 is 0 Å². The highest BCUT2D eigenvalue weighted by molar-refractivity contribution is 5.85. The lowest BCUT2D eigenvalue weighted by atomic mass is 9.85. The van der Waals surface area contributed by atoms with Crippen molar-refractivity contribution in [2.75, 3.05) is 6.54 Å². The van der Waals surface area contributed by atoms with Crippen LogP contribution < -0.4 is 5.32 Å². The van der Waals surface area contributed by atoms with E-state index in [0.29, 0.717) is 18.8 Å². The summed E-state index contributed by atoms with van der Waals surface area (Å²) in [5.74, 6) is -2.12. The zero-order valence-electron chi connectivity index (χ0n) is 10.3. The normalized spacial score (nSPS) is 23.2. The lowest BCUT2D eigenvalue weighted by Gasteiger charge is -2.27. The fraction of sp³-hybridized carbons (Fsp3) is 0.692. The Bertz CT molecular complexity index is 384. The van der Waals surface area contributed by atoms with E-state index >= 15 is 0 Å². The Kier molecular flexibility index (Phi) is 3.97. The predicted octanol–water partition coefficient (Wildman–Crippen LogP) is 3.38. The van der Waals surface area contributed by atoms with Crippen molar-refractivity contribution in [1.29, 1.82) is 0 Å². The summed E-state index contributed by atoms with van der Waals surface area (Å²) >= 11 is 0. The molecule has 0 aromatic carbocycles. The van der Waals surface area contributed by atoms with E-state index in [4.69, 9.17) is 0 Å². The zero-order valence-corrected chi connectivity index (χ0v) is 11.1. The molecular weight excluding hydrogens is 258 g/mol. The van der Waals surface area contributed by atoms with Crippen molar-refractivity contribution in [2.24, 2.45) is 0 Å². The van der Waals surface area contributed by atoms with Gasteiger partial charge in [-0.2, -0.15) is 0 Å². The van der Waals surface area contributed by atoms with E-state index in [0.717, 1.165) is 19.5 Å². The average Bonchev–Trinajstić information content (AvgIpc) is 2.72. The van der Waals surface area contributed by atoms with Crippen molar-refractivity contribution in [3.63, 3.8) is 0 Å². The number of H-pyrrole nitrogens is 1. The molecule has 3 rings (SSSR count). The van der Waals surface area contributed by atoms with Crippen LogP contribution in [-0.2, 0) is 13.0 Å². The molecule has 2 nitrogen and oxygen atoms in total. The predicted molar refractivity (Wildman–Crippen MR) is 69.6 cm³/mol. The van der Waals surface area contributed by atoms with Crippen LogP contribution in [0.15, 0.2) is 6.07 Å². The van der Waals surface area contributed by atoms with Gasteiger partial charge in [-0.05, 0) is 30.4 Å². The molecule has 0 saturated heterocycles. The van der Waals surface area contributed by atoms with Gasteiger partial charge in [-0.15, -0.1) is 12.4 Å². The van der Waals surface area contributed by atoms with E-state index in [-0.39, 0.29) is 25.2 Å². The molecule has 0 atom stereocenters. The Hall–Kier alpha value is -0.610. The summed E-state index contributed by atoms with van der Waals surface area (Å²) in [6.07, 6.45) is 2.33. The molecule has 2 aliphatic rings. The average molecular weight is 277 g/mol. The molecule has 1 aromatic rings. The van der Waals surface area contributed by atoms with Crippen molar-refractivity contribution >= 4 is 12.4 Å². The number of fused-ring (bicyclic) bond motifs is 1. The summed E-state index contributed by atoms with van der Waals surface area (Å²) in [6.45, 7) is 1.92. The molecule has 1 aromatic heterocycles. The Morgan fingerprint density at radius 1 is 1.22 bits per heavy atom. The number of halogens is 3. The van der Waals surface area contributed by atoms with Gasteiger partial charge in [0.05, 0.1) is 0 Å². The summed E-state index contributed by atoms with van der Waals surface area (Å²) in [4.78, 5) is 3.45. The van der Waals surface area contributed by atoms with Crippen molar-refractivity contribution in [3.05, 3.63) is 23.0 Å². The lowest BCUT2D eigenvalue weighted by molar-refractivity contribution is -0.0384. The van der Waals surface area contributed by atoms with E-state index in [1.165, 1.54) is 17.0 Å². The third kappa shape index (κ3) is 2.69. The van der Waals surface area contributed by atoms with Gasteiger partial charge in [0.2, 0.25) is 5.92 Å². The SMILES string of the molecule is Cl.FC1(F)CCC(c2cc3c([nH]2)CCNC3)CC1. The van der Waals surface area contributed by atoms with Crippen molar-refractivity contribution in [1.82, 2.24) is 10.3 Å². The molecule has 2 heterocycles. The number of aromatic nitrogens is 1. The number of hydrogen-bond donors (Lipinski definition) is 2. The monoisotopic (exact) mass is 276 g/mol. The number of nitrogens with one attached hydrogen (secondary N) is 2. The maximum Gasteiger partial charge on any atom is 0.248 e. The van der Waals surface area contributed by atoms with Crippen LogP contribution in [0.5, 0.6) is 0 Å². The van der Waals surface area contributed by atoms with Crippen LogP contribution in [0.25, 0.3) is 0 Å². The first-order chi connectivity index (χ1) is 8.14. The minimum Gasteiger partial charge on any atom is -0.362 e. The Balaban J connectivity index is 0.00000120. The van der Waals surface area contributed by atoms with Crippen LogP contribution in [0, 0.1) is 0 Å². The van der Waals surface area contributed by atoms with Crippen LogP contribution in [0.4, 0.5) is 8.78 Å². The number of alkyl halides is 2. The van der Waals surface area contributed by atoms with Gasteiger partial charge in [0.1, 0.15) is 0 Å². The maximum absolute atomic E-state index is 13.1. The lowest BCUT2D eigenvalue weighted by Crippen LogP contribution is -2.23.